The van der Waals surface area contributed by atoms with Crippen LogP contribution in [-0.4, -0.2) is 25.0 Å². The molecule has 0 saturated carbocycles. The fraction of sp³-hybridized carbons (Fsp3) is 0.524. The quantitative estimate of drug-likeness (QED) is 0.439. The van der Waals surface area contributed by atoms with E-state index in [4.69, 9.17) is 0 Å². The molecular formula is C21H31N3O2. The lowest BCUT2D eigenvalue weighted by Crippen LogP contribution is -2.27. The normalized spacial score (nSPS) is 14.0. The van der Waals surface area contributed by atoms with E-state index in [1.165, 1.54) is 38.5 Å². The number of hydrogen-bond acceptors (Lipinski definition) is 2. The maximum atomic E-state index is 11.9. The van der Waals surface area contributed by atoms with Gasteiger partial charge in [0.25, 0.3) is 0 Å². The second kappa shape index (κ2) is 11.3. The monoisotopic (exact) mass is 357 g/mol. The van der Waals surface area contributed by atoms with Crippen molar-refractivity contribution in [2.75, 3.05) is 23.3 Å². The Morgan fingerprint density at radius 1 is 1.12 bits per heavy atom. The van der Waals surface area contributed by atoms with Gasteiger partial charge in [0.2, 0.25) is 5.91 Å². The fourth-order valence-electron chi connectivity index (χ4n) is 3.04. The molecule has 0 aliphatic carbocycles. The van der Waals surface area contributed by atoms with Gasteiger partial charge in [-0.2, -0.15) is 0 Å². The van der Waals surface area contributed by atoms with Crippen LogP contribution in [0.15, 0.2) is 36.4 Å². The van der Waals surface area contributed by atoms with E-state index in [0.29, 0.717) is 13.1 Å². The Labute approximate surface area is 156 Å². The number of carbonyl (C=O) groups excluding carboxylic acids is 2. The average molecular weight is 357 g/mol. The highest BCUT2D eigenvalue weighted by Crippen LogP contribution is 2.19. The van der Waals surface area contributed by atoms with Gasteiger partial charge in [0.15, 0.2) is 0 Å². The predicted octanol–water partition coefficient (Wildman–Crippen LogP) is 4.85. The summed E-state index contributed by atoms with van der Waals surface area (Å²) >= 11 is 0. The second-order valence-electron chi connectivity index (χ2n) is 6.73. The lowest BCUT2D eigenvalue weighted by atomic mass is 10.1. The van der Waals surface area contributed by atoms with E-state index in [1.54, 1.807) is 11.0 Å². The van der Waals surface area contributed by atoms with Crippen LogP contribution in [0.25, 0.3) is 0 Å². The third-order valence-electron chi connectivity index (χ3n) is 4.55. The zero-order valence-electron chi connectivity index (χ0n) is 15.8. The van der Waals surface area contributed by atoms with Gasteiger partial charge in [0.05, 0.1) is 0 Å². The number of urea groups is 1. The summed E-state index contributed by atoms with van der Waals surface area (Å²) in [7, 11) is 0. The van der Waals surface area contributed by atoms with E-state index in [9.17, 15) is 9.59 Å². The van der Waals surface area contributed by atoms with E-state index in [-0.39, 0.29) is 11.9 Å². The van der Waals surface area contributed by atoms with E-state index in [0.717, 1.165) is 24.2 Å². The Morgan fingerprint density at radius 3 is 2.46 bits per heavy atom. The lowest BCUT2D eigenvalue weighted by molar-refractivity contribution is -0.111. The number of carbonyl (C=O) groups is 2. The van der Waals surface area contributed by atoms with Gasteiger partial charge in [-0.05, 0) is 43.2 Å². The zero-order valence-corrected chi connectivity index (χ0v) is 15.8. The van der Waals surface area contributed by atoms with Crippen LogP contribution >= 0.6 is 0 Å². The number of nitrogens with zero attached hydrogens (tertiary/aromatic N) is 1. The van der Waals surface area contributed by atoms with Crippen molar-refractivity contribution in [2.45, 2.75) is 58.3 Å². The summed E-state index contributed by atoms with van der Waals surface area (Å²) in [5, 5.41) is 5.62. The van der Waals surface area contributed by atoms with Gasteiger partial charge < -0.3 is 10.6 Å². The topological polar surface area (TPSA) is 61.4 Å². The van der Waals surface area contributed by atoms with Gasteiger partial charge >= 0.3 is 6.03 Å². The minimum absolute atomic E-state index is 0.0740. The molecule has 0 unspecified atom stereocenters. The molecule has 142 valence electrons. The third kappa shape index (κ3) is 6.90. The highest BCUT2D eigenvalue weighted by molar-refractivity contribution is 5.99. The van der Waals surface area contributed by atoms with Crippen LogP contribution in [0.2, 0.25) is 0 Å². The Bertz CT molecular complexity index is 596. The van der Waals surface area contributed by atoms with Gasteiger partial charge in [-0.3, -0.25) is 9.69 Å². The van der Waals surface area contributed by atoms with Gasteiger partial charge in [0.1, 0.15) is 0 Å². The number of benzene rings is 1. The number of amides is 3. The Morgan fingerprint density at radius 2 is 1.81 bits per heavy atom. The summed E-state index contributed by atoms with van der Waals surface area (Å²) in [5.41, 5.74) is 1.58. The molecule has 0 aromatic heterocycles. The molecule has 0 bridgehead atoms. The number of nitrogens with one attached hydrogen (secondary N) is 2. The maximum absolute atomic E-state index is 11.9. The Kier molecular flexibility index (Phi) is 8.73. The van der Waals surface area contributed by atoms with E-state index in [1.807, 2.05) is 30.3 Å². The van der Waals surface area contributed by atoms with Crippen LogP contribution in [0, 0.1) is 0 Å². The molecule has 26 heavy (non-hydrogen) atoms. The van der Waals surface area contributed by atoms with Crippen LogP contribution in [0.3, 0.4) is 0 Å². The SMILES string of the molecule is CCCCCCCCCC=CC(=O)Nc1ccc(N2CCNC2=O)cc1. The van der Waals surface area contributed by atoms with Crippen LogP contribution in [0.5, 0.6) is 0 Å². The fourth-order valence-corrected chi connectivity index (χ4v) is 3.04. The van der Waals surface area contributed by atoms with Crippen molar-refractivity contribution >= 4 is 23.3 Å². The second-order valence-corrected chi connectivity index (χ2v) is 6.73. The molecule has 1 fully saturated rings. The number of hydrogen-bond donors (Lipinski definition) is 2. The molecule has 1 aromatic carbocycles. The third-order valence-corrected chi connectivity index (χ3v) is 4.55. The number of allylic oxidation sites excluding steroid dienone is 1. The van der Waals surface area contributed by atoms with E-state index < -0.39 is 0 Å². The van der Waals surface area contributed by atoms with Crippen LogP contribution in [0.1, 0.15) is 58.3 Å². The molecule has 0 radical (unpaired) electrons. The molecule has 5 nitrogen and oxygen atoms in total. The molecule has 1 aliphatic heterocycles. The number of unbranched alkanes of at least 4 members (excludes halogenated alkanes) is 7. The van der Waals surface area contributed by atoms with Crippen molar-refractivity contribution in [3.8, 4) is 0 Å². The Balaban J connectivity index is 1.63. The Hall–Kier alpha value is -2.30. The first-order valence-corrected chi connectivity index (χ1v) is 9.83. The molecular weight excluding hydrogens is 326 g/mol. The molecule has 0 spiro atoms. The van der Waals surface area contributed by atoms with Gasteiger partial charge in [-0.15, -0.1) is 0 Å². The smallest absolute Gasteiger partial charge is 0.321 e. The summed E-state index contributed by atoms with van der Waals surface area (Å²) in [6.45, 7) is 3.57. The summed E-state index contributed by atoms with van der Waals surface area (Å²) < 4.78 is 0. The number of anilines is 2. The molecule has 1 heterocycles. The van der Waals surface area contributed by atoms with Crippen molar-refractivity contribution in [3.63, 3.8) is 0 Å². The molecule has 0 atom stereocenters. The highest BCUT2D eigenvalue weighted by atomic mass is 16.2. The largest absolute Gasteiger partial charge is 0.336 e. The zero-order chi connectivity index (χ0) is 18.6. The van der Waals surface area contributed by atoms with Crippen molar-refractivity contribution in [2.24, 2.45) is 0 Å². The van der Waals surface area contributed by atoms with Crippen molar-refractivity contribution in [1.29, 1.82) is 0 Å². The maximum Gasteiger partial charge on any atom is 0.321 e. The molecule has 1 saturated heterocycles. The predicted molar refractivity (Wildman–Crippen MR) is 108 cm³/mol. The molecule has 5 heteroatoms. The minimum Gasteiger partial charge on any atom is -0.336 e. The summed E-state index contributed by atoms with van der Waals surface area (Å²) in [4.78, 5) is 25.3. The van der Waals surface area contributed by atoms with Gasteiger partial charge in [-0.1, -0.05) is 51.5 Å². The molecule has 2 N–H and O–H groups in total. The van der Waals surface area contributed by atoms with E-state index in [2.05, 4.69) is 17.6 Å². The minimum atomic E-state index is -0.111. The lowest BCUT2D eigenvalue weighted by Gasteiger charge is -2.14. The van der Waals surface area contributed by atoms with E-state index >= 15 is 0 Å². The van der Waals surface area contributed by atoms with Crippen molar-refractivity contribution < 1.29 is 9.59 Å². The standard InChI is InChI=1S/C21H31N3O2/c1-2-3-4-5-6-7-8-9-10-11-20(25)23-18-12-14-19(15-13-18)24-17-16-22-21(24)26/h10-15H,2-9,16-17H2,1H3,(H,22,26)(H,23,25). The molecule has 1 aliphatic rings. The average Bonchev–Trinajstić information content (AvgIpc) is 3.07. The number of rotatable bonds is 11. The summed E-state index contributed by atoms with van der Waals surface area (Å²) in [6.07, 6.45) is 13.5. The van der Waals surface area contributed by atoms with Crippen molar-refractivity contribution in [3.05, 3.63) is 36.4 Å². The van der Waals surface area contributed by atoms with Crippen LogP contribution < -0.4 is 15.5 Å². The first-order valence-electron chi connectivity index (χ1n) is 9.83. The summed E-state index contributed by atoms with van der Waals surface area (Å²) in [6, 6.07) is 7.27. The van der Waals surface area contributed by atoms with Crippen LogP contribution in [0.4, 0.5) is 16.2 Å². The van der Waals surface area contributed by atoms with Crippen LogP contribution in [-0.2, 0) is 4.79 Å². The molecule has 1 aromatic rings. The first kappa shape index (κ1) is 20.0. The van der Waals surface area contributed by atoms with Crippen molar-refractivity contribution in [1.82, 2.24) is 5.32 Å². The van der Waals surface area contributed by atoms with Gasteiger partial charge in [-0.25, -0.2) is 4.79 Å². The molecule has 3 amide bonds. The van der Waals surface area contributed by atoms with Gasteiger partial charge in [0, 0.05) is 24.5 Å². The summed E-state index contributed by atoms with van der Waals surface area (Å²) in [5.74, 6) is -0.111. The first-order chi connectivity index (χ1) is 12.7. The highest BCUT2D eigenvalue weighted by Gasteiger charge is 2.20. The molecule has 2 rings (SSSR count).